The second-order valence-electron chi connectivity index (χ2n) is 17.1. The van der Waals surface area contributed by atoms with E-state index in [1.807, 2.05) is 0 Å². The number of benzene rings is 11. The Bertz CT molecular complexity index is 3070. The lowest BCUT2D eigenvalue weighted by atomic mass is 10.1. The highest BCUT2D eigenvalue weighted by Gasteiger charge is 2.20. The van der Waals surface area contributed by atoms with Crippen LogP contribution in [0.1, 0.15) is 0 Å². The van der Waals surface area contributed by atoms with Gasteiger partial charge in [0, 0.05) is 85.3 Å². The zero-order valence-electron chi connectivity index (χ0n) is 39.2. The molecule has 0 heterocycles. The molecule has 11 aromatic carbocycles. The minimum atomic E-state index is 1.05. The minimum absolute atomic E-state index is 1.05. The predicted octanol–water partition coefficient (Wildman–Crippen LogP) is 19.0. The van der Waals surface area contributed by atoms with E-state index in [9.17, 15) is 0 Å². The van der Waals surface area contributed by atoms with Crippen LogP contribution in [0.2, 0.25) is 0 Å². The summed E-state index contributed by atoms with van der Waals surface area (Å²) in [6, 6.07) is 109. The van der Waals surface area contributed by atoms with Gasteiger partial charge in [0.2, 0.25) is 0 Å². The van der Waals surface area contributed by atoms with Crippen LogP contribution < -0.4 is 24.5 Å². The zero-order valence-corrected chi connectivity index (χ0v) is 39.2. The van der Waals surface area contributed by atoms with Gasteiger partial charge in [0.05, 0.1) is 0 Å². The lowest BCUT2D eigenvalue weighted by Gasteiger charge is -2.30. The standard InChI is InChI=1S/C66H51N5/c1-8-22-52(23-9-1)67(53-24-10-2-11-25-53)59-36-40-61(41-37-59)69(56-30-16-5-17-31-56)63-44-48-65(49-45-63)71(58-34-20-7-21-35-58)66-50-46-64(47-51-66)70(57-32-18-6-19-33-57)62-42-38-60(39-43-62)68(54-26-12-3-13-27-54)55-28-14-4-15-29-55/h1-51H. The quantitative estimate of drug-likeness (QED) is 0.102. The molecule has 0 aliphatic heterocycles. The summed E-state index contributed by atoms with van der Waals surface area (Å²) in [5.41, 5.74) is 16.1. The zero-order chi connectivity index (χ0) is 47.6. The SMILES string of the molecule is c1ccc(N(c2ccccc2)c2ccc(N(c3ccccc3)c3ccc(N(c4ccccc4)c4ccc(N(c5ccccc5)c5ccc(N(c6ccccc6)c6ccccc6)cc5)cc4)cc3)cc2)cc1. The first-order valence-electron chi connectivity index (χ1n) is 24.0. The first-order chi connectivity index (χ1) is 35.2. The van der Waals surface area contributed by atoms with Gasteiger partial charge in [0.25, 0.3) is 0 Å². The molecule has 71 heavy (non-hydrogen) atoms. The Morgan fingerprint density at radius 3 is 0.282 bits per heavy atom. The molecule has 0 saturated heterocycles. The smallest absolute Gasteiger partial charge is 0.0463 e. The molecule has 5 heteroatoms. The van der Waals surface area contributed by atoms with Crippen molar-refractivity contribution in [1.29, 1.82) is 0 Å². The maximum atomic E-state index is 2.32. The molecule has 0 bridgehead atoms. The molecular formula is C66H51N5. The number of hydrogen-bond donors (Lipinski definition) is 0. The minimum Gasteiger partial charge on any atom is -0.311 e. The van der Waals surface area contributed by atoms with Gasteiger partial charge in [-0.25, -0.2) is 0 Å². The maximum absolute atomic E-state index is 2.32. The van der Waals surface area contributed by atoms with Gasteiger partial charge < -0.3 is 24.5 Å². The average molecular weight is 914 g/mol. The summed E-state index contributed by atoms with van der Waals surface area (Å²) in [5.74, 6) is 0. The Labute approximate surface area is 417 Å². The normalized spacial score (nSPS) is 10.8. The number of anilines is 15. The summed E-state index contributed by atoms with van der Waals surface area (Å²) in [5, 5.41) is 0. The van der Waals surface area contributed by atoms with Crippen molar-refractivity contribution in [2.75, 3.05) is 24.5 Å². The Morgan fingerprint density at radius 1 is 0.0986 bits per heavy atom. The van der Waals surface area contributed by atoms with Crippen LogP contribution in [0.4, 0.5) is 85.3 Å². The van der Waals surface area contributed by atoms with Crippen molar-refractivity contribution in [3.8, 4) is 0 Å². The Kier molecular flexibility index (Phi) is 12.8. The van der Waals surface area contributed by atoms with E-state index < -0.39 is 0 Å². The van der Waals surface area contributed by atoms with Crippen molar-refractivity contribution >= 4 is 85.3 Å². The molecule has 340 valence electrons. The van der Waals surface area contributed by atoms with Gasteiger partial charge in [0.15, 0.2) is 0 Å². The van der Waals surface area contributed by atoms with E-state index in [-0.39, 0.29) is 0 Å². The van der Waals surface area contributed by atoms with Crippen molar-refractivity contribution < 1.29 is 0 Å². The molecule has 0 aliphatic rings. The Morgan fingerprint density at radius 2 is 0.183 bits per heavy atom. The highest BCUT2D eigenvalue weighted by Crippen LogP contribution is 2.43. The van der Waals surface area contributed by atoms with E-state index in [0.717, 1.165) is 85.3 Å². The third kappa shape index (κ3) is 9.62. The predicted molar refractivity (Wildman–Crippen MR) is 300 cm³/mol. The lowest BCUT2D eigenvalue weighted by Crippen LogP contribution is -2.13. The fraction of sp³-hybridized carbons (Fsp3) is 0. The molecule has 0 fully saturated rings. The van der Waals surface area contributed by atoms with Crippen LogP contribution in [0.15, 0.2) is 309 Å². The van der Waals surface area contributed by atoms with Crippen LogP contribution in [0.3, 0.4) is 0 Å². The maximum Gasteiger partial charge on any atom is 0.0463 e. The highest BCUT2D eigenvalue weighted by molar-refractivity contribution is 5.86. The summed E-state index contributed by atoms with van der Waals surface area (Å²) in [6.07, 6.45) is 0. The molecule has 0 atom stereocenters. The van der Waals surface area contributed by atoms with Gasteiger partial charge in [-0.1, -0.05) is 127 Å². The molecular weight excluding hydrogens is 863 g/mol. The number of nitrogens with zero attached hydrogens (tertiary/aromatic N) is 5. The van der Waals surface area contributed by atoms with Crippen molar-refractivity contribution in [2.24, 2.45) is 0 Å². The van der Waals surface area contributed by atoms with E-state index in [2.05, 4.69) is 334 Å². The number of rotatable bonds is 15. The van der Waals surface area contributed by atoms with E-state index in [1.54, 1.807) is 0 Å². The van der Waals surface area contributed by atoms with E-state index >= 15 is 0 Å². The third-order valence-corrected chi connectivity index (χ3v) is 12.6. The van der Waals surface area contributed by atoms with Crippen LogP contribution in [0.5, 0.6) is 0 Å². The largest absolute Gasteiger partial charge is 0.311 e. The molecule has 0 N–H and O–H groups in total. The lowest BCUT2D eigenvalue weighted by molar-refractivity contribution is 1.24. The second-order valence-corrected chi connectivity index (χ2v) is 17.1. The van der Waals surface area contributed by atoms with Gasteiger partial charge >= 0.3 is 0 Å². The summed E-state index contributed by atoms with van der Waals surface area (Å²) in [7, 11) is 0. The van der Waals surface area contributed by atoms with E-state index in [1.165, 1.54) is 0 Å². The van der Waals surface area contributed by atoms with Crippen LogP contribution >= 0.6 is 0 Å². The van der Waals surface area contributed by atoms with E-state index in [4.69, 9.17) is 0 Å². The Hall–Kier alpha value is -9.58. The van der Waals surface area contributed by atoms with Crippen molar-refractivity contribution in [3.63, 3.8) is 0 Å². The average Bonchev–Trinajstić information content (AvgIpc) is 3.45. The Balaban J connectivity index is 0.915. The van der Waals surface area contributed by atoms with Crippen LogP contribution in [0.25, 0.3) is 0 Å². The van der Waals surface area contributed by atoms with Crippen LogP contribution in [-0.4, -0.2) is 0 Å². The molecule has 0 saturated carbocycles. The molecule has 11 aromatic rings. The monoisotopic (exact) mass is 913 g/mol. The third-order valence-electron chi connectivity index (χ3n) is 12.6. The molecule has 0 unspecified atom stereocenters. The first-order valence-corrected chi connectivity index (χ1v) is 24.0. The molecule has 0 radical (unpaired) electrons. The topological polar surface area (TPSA) is 16.2 Å². The molecule has 0 aliphatic carbocycles. The molecule has 5 nitrogen and oxygen atoms in total. The number of para-hydroxylation sites is 7. The molecule has 0 spiro atoms. The van der Waals surface area contributed by atoms with Crippen LogP contribution in [0, 0.1) is 0 Å². The van der Waals surface area contributed by atoms with Crippen molar-refractivity contribution in [3.05, 3.63) is 309 Å². The van der Waals surface area contributed by atoms with E-state index in [0.29, 0.717) is 0 Å². The van der Waals surface area contributed by atoms with Gasteiger partial charge in [-0.3, -0.25) is 0 Å². The van der Waals surface area contributed by atoms with Gasteiger partial charge in [-0.15, -0.1) is 0 Å². The van der Waals surface area contributed by atoms with Gasteiger partial charge in [-0.05, 0) is 182 Å². The second kappa shape index (κ2) is 20.7. The van der Waals surface area contributed by atoms with Crippen LogP contribution in [-0.2, 0) is 0 Å². The van der Waals surface area contributed by atoms with Crippen molar-refractivity contribution in [2.45, 2.75) is 0 Å². The van der Waals surface area contributed by atoms with Gasteiger partial charge in [0.1, 0.15) is 0 Å². The fourth-order valence-corrected chi connectivity index (χ4v) is 9.28. The van der Waals surface area contributed by atoms with Crippen molar-refractivity contribution in [1.82, 2.24) is 0 Å². The fourth-order valence-electron chi connectivity index (χ4n) is 9.28. The first kappa shape index (κ1) is 44.0. The van der Waals surface area contributed by atoms with Gasteiger partial charge in [-0.2, -0.15) is 0 Å². The summed E-state index contributed by atoms with van der Waals surface area (Å²) < 4.78 is 0. The summed E-state index contributed by atoms with van der Waals surface area (Å²) >= 11 is 0. The summed E-state index contributed by atoms with van der Waals surface area (Å²) in [6.45, 7) is 0. The summed E-state index contributed by atoms with van der Waals surface area (Å²) in [4.78, 5) is 11.5. The molecule has 0 aromatic heterocycles. The highest BCUT2D eigenvalue weighted by atomic mass is 15.2. The molecule has 11 rings (SSSR count). The molecule has 0 amide bonds. The number of hydrogen-bond acceptors (Lipinski definition) is 5.